The Hall–Kier alpha value is -3.57. The van der Waals surface area contributed by atoms with Crippen molar-refractivity contribution in [3.05, 3.63) is 34.1 Å². The second-order valence-corrected chi connectivity index (χ2v) is 9.54. The van der Waals surface area contributed by atoms with Crippen LogP contribution < -0.4 is 16.4 Å². The number of fused-ring (bicyclic) bond motifs is 3. The number of Topliss-reactive ketones (excluding diaryl/α,β-unsaturated/α-hetero) is 2. The smallest absolute Gasteiger partial charge is 0.255 e. The summed E-state index contributed by atoms with van der Waals surface area (Å²) < 4.78 is 0. The molecular weight excluding hydrogens is 444 g/mol. The molecule has 1 fully saturated rings. The molecule has 0 aliphatic heterocycles. The molecule has 3 aliphatic rings. The second kappa shape index (κ2) is 7.47. The molecule has 1 unspecified atom stereocenters. The molecule has 0 saturated heterocycles. The Kier molecular flexibility index (Phi) is 5.18. The number of rotatable bonds is 3. The summed E-state index contributed by atoms with van der Waals surface area (Å²) in [6.45, 7) is 0. The van der Waals surface area contributed by atoms with Gasteiger partial charge >= 0.3 is 0 Å². The molecule has 182 valence electrons. The molecule has 1 aromatic rings. The van der Waals surface area contributed by atoms with Gasteiger partial charge in [0.05, 0.1) is 17.3 Å². The van der Waals surface area contributed by atoms with Gasteiger partial charge in [-0.15, -0.1) is 0 Å². The summed E-state index contributed by atoms with van der Waals surface area (Å²) in [5.74, 6) is -6.95. The monoisotopic (exact) mass is 472 g/mol. The van der Waals surface area contributed by atoms with Gasteiger partial charge in [-0.05, 0) is 44.5 Å². The van der Waals surface area contributed by atoms with Gasteiger partial charge in [0.15, 0.2) is 11.4 Å². The third-order valence-electron chi connectivity index (χ3n) is 7.21. The lowest BCUT2D eigenvalue weighted by molar-refractivity contribution is -0.153. The van der Waals surface area contributed by atoms with Crippen LogP contribution in [0.25, 0.3) is 5.76 Å². The van der Waals surface area contributed by atoms with E-state index in [1.165, 1.54) is 4.90 Å². The molecule has 1 aromatic carbocycles. The van der Waals surface area contributed by atoms with Gasteiger partial charge in [0.1, 0.15) is 22.8 Å². The third kappa shape index (κ3) is 2.86. The SMILES string of the molecule is CN(C)c1cc(N)c(O)c2c1C[C@H]1C[C@@H]3C(N(C)C)C(=O)C(C(N)=O)=C(O)[C@@]3(O)C(=O)C1=C2O. The number of hydrogen-bond acceptors (Lipinski definition) is 10. The first kappa shape index (κ1) is 23.6. The van der Waals surface area contributed by atoms with Crippen LogP contribution in [0.2, 0.25) is 0 Å². The van der Waals surface area contributed by atoms with Crippen molar-refractivity contribution in [1.82, 2.24) is 4.90 Å². The van der Waals surface area contributed by atoms with Crippen LogP contribution in [0.5, 0.6) is 5.75 Å². The van der Waals surface area contributed by atoms with Crippen molar-refractivity contribution in [2.45, 2.75) is 24.5 Å². The molecule has 0 bridgehead atoms. The first-order valence-electron chi connectivity index (χ1n) is 10.7. The summed E-state index contributed by atoms with van der Waals surface area (Å²) in [6, 6.07) is 0.444. The summed E-state index contributed by atoms with van der Waals surface area (Å²) >= 11 is 0. The van der Waals surface area contributed by atoms with Crippen LogP contribution in [-0.4, -0.2) is 82.6 Å². The van der Waals surface area contributed by atoms with Crippen LogP contribution in [0.4, 0.5) is 11.4 Å². The number of aliphatic hydroxyl groups is 3. The molecule has 1 amide bonds. The Morgan fingerprint density at radius 1 is 1.15 bits per heavy atom. The van der Waals surface area contributed by atoms with Crippen molar-refractivity contribution in [3.63, 3.8) is 0 Å². The van der Waals surface area contributed by atoms with E-state index in [-0.39, 0.29) is 29.7 Å². The average molecular weight is 472 g/mol. The van der Waals surface area contributed by atoms with Gasteiger partial charge in [-0.25, -0.2) is 0 Å². The maximum atomic E-state index is 13.7. The van der Waals surface area contributed by atoms with E-state index in [0.717, 1.165) is 0 Å². The minimum atomic E-state index is -2.66. The number of carbonyl (C=O) groups excluding carboxylic acids is 3. The van der Waals surface area contributed by atoms with E-state index >= 15 is 0 Å². The molecule has 4 rings (SSSR count). The molecule has 0 radical (unpaired) electrons. The topological polar surface area (TPSA) is 191 Å². The molecule has 0 heterocycles. The van der Waals surface area contributed by atoms with Gasteiger partial charge in [-0.2, -0.15) is 0 Å². The first-order valence-corrected chi connectivity index (χ1v) is 10.7. The number of benzene rings is 1. The number of ketones is 2. The van der Waals surface area contributed by atoms with Crippen molar-refractivity contribution in [3.8, 4) is 5.75 Å². The fourth-order valence-corrected chi connectivity index (χ4v) is 5.71. The number of aliphatic hydroxyl groups excluding tert-OH is 2. The molecule has 0 spiro atoms. The maximum absolute atomic E-state index is 13.7. The van der Waals surface area contributed by atoms with Gasteiger partial charge in [0.2, 0.25) is 5.78 Å². The van der Waals surface area contributed by atoms with Crippen LogP contribution >= 0.6 is 0 Å². The normalized spacial score (nSPS) is 28.6. The van der Waals surface area contributed by atoms with Crippen molar-refractivity contribution in [2.75, 3.05) is 38.8 Å². The molecular formula is C23H28N4O7. The highest BCUT2D eigenvalue weighted by Crippen LogP contribution is 2.54. The Labute approximate surface area is 195 Å². The predicted octanol–water partition coefficient (Wildman–Crippen LogP) is -0.388. The standard InChI is InChI=1S/C23H28N4O7/c1-26(2)12-7-11(24)17(28)14-9(12)5-8-6-10-16(27(3)4)19(30)15(22(25)33)21(32)23(10,34)20(31)13(8)18(14)29/h7-8,10,16,28-29,32,34H,5-6,24H2,1-4H3,(H2,25,33)/t8-,10+,16?,23-/m0/s1. The number of nitrogens with zero attached hydrogens (tertiary/aromatic N) is 2. The van der Waals surface area contributed by atoms with Crippen molar-refractivity contribution in [1.29, 1.82) is 0 Å². The predicted molar refractivity (Wildman–Crippen MR) is 123 cm³/mol. The number of carbonyl (C=O) groups is 3. The van der Waals surface area contributed by atoms with Crippen molar-refractivity contribution >= 4 is 34.6 Å². The number of hydrogen-bond donors (Lipinski definition) is 6. The molecule has 11 heteroatoms. The number of anilines is 2. The Bertz CT molecular complexity index is 1220. The summed E-state index contributed by atoms with van der Waals surface area (Å²) in [6.07, 6.45) is 0.236. The van der Waals surface area contributed by atoms with E-state index in [1.807, 2.05) is 0 Å². The zero-order chi connectivity index (χ0) is 25.4. The van der Waals surface area contributed by atoms with Gasteiger partial charge in [-0.3, -0.25) is 19.3 Å². The average Bonchev–Trinajstić information content (AvgIpc) is 2.72. The van der Waals surface area contributed by atoms with Crippen LogP contribution in [0.15, 0.2) is 23.0 Å². The number of phenols is 1. The largest absolute Gasteiger partial charge is 0.508 e. The Morgan fingerprint density at radius 2 is 1.76 bits per heavy atom. The van der Waals surface area contributed by atoms with E-state index < -0.39 is 63.8 Å². The quantitative estimate of drug-likeness (QED) is 0.192. The van der Waals surface area contributed by atoms with Gasteiger partial charge in [-0.1, -0.05) is 0 Å². The zero-order valence-corrected chi connectivity index (χ0v) is 19.3. The number of likely N-dealkylation sites (N-methyl/N-ethyl adjacent to an activating group) is 1. The van der Waals surface area contributed by atoms with Crippen LogP contribution in [0, 0.1) is 11.8 Å². The highest BCUT2D eigenvalue weighted by molar-refractivity contribution is 6.24. The third-order valence-corrected chi connectivity index (χ3v) is 7.21. The number of nitrogens with two attached hydrogens (primary N) is 2. The number of amides is 1. The van der Waals surface area contributed by atoms with Crippen LogP contribution in [0.3, 0.4) is 0 Å². The number of aromatic hydroxyl groups is 1. The lowest BCUT2D eigenvalue weighted by atomic mass is 9.57. The zero-order valence-electron chi connectivity index (χ0n) is 19.3. The minimum absolute atomic E-state index is 0.0115. The molecule has 0 aromatic heterocycles. The maximum Gasteiger partial charge on any atom is 0.255 e. The number of primary amides is 1. The minimum Gasteiger partial charge on any atom is -0.508 e. The second-order valence-electron chi connectivity index (χ2n) is 9.54. The lowest BCUT2D eigenvalue weighted by Crippen LogP contribution is -2.65. The van der Waals surface area contributed by atoms with E-state index in [2.05, 4.69) is 0 Å². The van der Waals surface area contributed by atoms with E-state index in [1.54, 1.807) is 39.2 Å². The van der Waals surface area contributed by atoms with E-state index in [0.29, 0.717) is 11.3 Å². The summed E-state index contributed by atoms with van der Waals surface area (Å²) in [5.41, 5.74) is 8.68. The van der Waals surface area contributed by atoms with Gasteiger partial charge in [0, 0.05) is 31.3 Å². The lowest BCUT2D eigenvalue weighted by Gasteiger charge is -2.50. The summed E-state index contributed by atoms with van der Waals surface area (Å²) in [7, 11) is 6.64. The van der Waals surface area contributed by atoms with E-state index in [4.69, 9.17) is 11.5 Å². The van der Waals surface area contributed by atoms with Crippen LogP contribution in [-0.2, 0) is 20.8 Å². The first-order chi connectivity index (χ1) is 15.7. The molecule has 11 nitrogen and oxygen atoms in total. The molecule has 3 aliphatic carbocycles. The summed E-state index contributed by atoms with van der Waals surface area (Å²) in [5, 5.41) is 44.2. The fraction of sp³-hybridized carbons (Fsp3) is 0.435. The van der Waals surface area contributed by atoms with Crippen LogP contribution in [0.1, 0.15) is 17.5 Å². The Balaban J connectivity index is 2.01. The van der Waals surface area contributed by atoms with Gasteiger partial charge in [0.25, 0.3) is 5.91 Å². The Morgan fingerprint density at radius 3 is 2.29 bits per heavy atom. The molecule has 1 saturated carbocycles. The van der Waals surface area contributed by atoms with Gasteiger partial charge < -0.3 is 36.8 Å². The molecule has 8 N–H and O–H groups in total. The fourth-order valence-electron chi connectivity index (χ4n) is 5.71. The van der Waals surface area contributed by atoms with Crippen molar-refractivity contribution in [2.24, 2.45) is 17.6 Å². The highest BCUT2D eigenvalue weighted by Gasteiger charge is 2.64. The molecule has 4 atom stereocenters. The van der Waals surface area contributed by atoms with Crippen molar-refractivity contribution < 1.29 is 34.8 Å². The van der Waals surface area contributed by atoms with E-state index in [9.17, 15) is 34.8 Å². The number of phenolic OH excluding ortho intramolecular Hbond substituents is 1. The number of nitrogen functional groups attached to an aromatic ring is 1. The summed E-state index contributed by atoms with van der Waals surface area (Å²) in [4.78, 5) is 42.0. The molecule has 34 heavy (non-hydrogen) atoms. The highest BCUT2D eigenvalue weighted by atomic mass is 16.3.